The molecule has 2 N–H and O–H groups in total. The van der Waals surface area contributed by atoms with Crippen LogP contribution in [-0.2, 0) is 4.79 Å². The molecule has 0 aromatic carbocycles. The summed E-state index contributed by atoms with van der Waals surface area (Å²) in [7, 11) is 0. The molecule has 1 aromatic rings. The zero-order valence-electron chi connectivity index (χ0n) is 9.90. The highest BCUT2D eigenvalue weighted by Crippen LogP contribution is 2.31. The first-order valence-electron chi connectivity index (χ1n) is 5.94. The van der Waals surface area contributed by atoms with Crippen molar-refractivity contribution < 1.29 is 9.90 Å². The van der Waals surface area contributed by atoms with Crippen LogP contribution in [0.4, 0.5) is 5.13 Å². The number of nitrogens with one attached hydrogen (secondary N) is 1. The normalized spacial score (nSPS) is 19.6. The minimum atomic E-state index is -0.845. The summed E-state index contributed by atoms with van der Waals surface area (Å²) < 4.78 is 0. The van der Waals surface area contributed by atoms with Gasteiger partial charge in [-0.1, -0.05) is 37.0 Å². The summed E-state index contributed by atoms with van der Waals surface area (Å²) in [6.07, 6.45) is 5.48. The minimum absolute atomic E-state index is 0.617. The fourth-order valence-corrected chi connectivity index (χ4v) is 2.97. The van der Waals surface area contributed by atoms with Crippen LogP contribution in [0.5, 0.6) is 0 Å². The Labute approximate surface area is 104 Å². The number of carboxylic acid groups (broad SMARTS) is 1. The number of aryl methyl sites for hydroxylation is 1. The van der Waals surface area contributed by atoms with E-state index >= 15 is 0 Å². The van der Waals surface area contributed by atoms with Gasteiger partial charge in [0.25, 0.3) is 0 Å². The van der Waals surface area contributed by atoms with Gasteiger partial charge in [-0.15, -0.1) is 10.2 Å². The Balaban J connectivity index is 2.18. The highest BCUT2D eigenvalue weighted by atomic mass is 32.1. The van der Waals surface area contributed by atoms with Crippen molar-refractivity contribution in [2.24, 2.45) is 0 Å². The van der Waals surface area contributed by atoms with Crippen molar-refractivity contribution >= 4 is 22.4 Å². The molecule has 1 saturated carbocycles. The van der Waals surface area contributed by atoms with Gasteiger partial charge in [0.2, 0.25) is 5.13 Å². The van der Waals surface area contributed by atoms with Crippen LogP contribution in [0.2, 0.25) is 0 Å². The first kappa shape index (κ1) is 12.3. The molecular formula is C11H17N3O2S. The first-order valence-corrected chi connectivity index (χ1v) is 6.76. The van der Waals surface area contributed by atoms with E-state index in [2.05, 4.69) is 15.5 Å². The molecule has 0 amide bonds. The fourth-order valence-electron chi connectivity index (χ4n) is 2.28. The van der Waals surface area contributed by atoms with Crippen molar-refractivity contribution in [3.05, 3.63) is 5.01 Å². The lowest BCUT2D eigenvalue weighted by atomic mass is 9.90. The zero-order valence-corrected chi connectivity index (χ0v) is 10.7. The van der Waals surface area contributed by atoms with E-state index in [9.17, 15) is 9.90 Å². The molecule has 0 unspecified atom stereocenters. The topological polar surface area (TPSA) is 75.1 Å². The van der Waals surface area contributed by atoms with Crippen molar-refractivity contribution in [1.82, 2.24) is 10.2 Å². The Morgan fingerprint density at radius 3 is 2.41 bits per heavy atom. The molecule has 1 aromatic heterocycles. The van der Waals surface area contributed by atoms with Gasteiger partial charge in [0.15, 0.2) is 0 Å². The van der Waals surface area contributed by atoms with Gasteiger partial charge in [-0.05, 0) is 19.8 Å². The third kappa shape index (κ3) is 2.74. The zero-order chi connectivity index (χ0) is 12.3. The van der Waals surface area contributed by atoms with Crippen LogP contribution < -0.4 is 5.32 Å². The predicted octanol–water partition coefficient (Wildman–Crippen LogP) is 2.44. The number of nitrogens with zero attached hydrogens (tertiary/aromatic N) is 2. The summed E-state index contributed by atoms with van der Waals surface area (Å²) in [4.78, 5) is 11.5. The maximum absolute atomic E-state index is 11.5. The van der Waals surface area contributed by atoms with Crippen molar-refractivity contribution in [2.75, 3.05) is 5.32 Å². The Kier molecular flexibility index (Phi) is 3.61. The number of aromatic nitrogens is 2. The number of anilines is 1. The lowest BCUT2D eigenvalue weighted by Crippen LogP contribution is -2.46. The van der Waals surface area contributed by atoms with E-state index in [0.717, 1.165) is 30.7 Å². The number of hydrogen-bond donors (Lipinski definition) is 2. The van der Waals surface area contributed by atoms with Gasteiger partial charge in [-0.2, -0.15) is 0 Å². The van der Waals surface area contributed by atoms with Gasteiger partial charge in [-0.25, -0.2) is 4.79 Å². The number of rotatable bonds is 3. The summed E-state index contributed by atoms with van der Waals surface area (Å²) in [5.74, 6) is -0.771. The number of carbonyl (C=O) groups is 1. The van der Waals surface area contributed by atoms with Crippen molar-refractivity contribution in [2.45, 2.75) is 51.0 Å². The molecular weight excluding hydrogens is 238 g/mol. The molecule has 0 spiro atoms. The molecule has 6 heteroatoms. The number of carboxylic acids is 1. The summed E-state index contributed by atoms with van der Waals surface area (Å²) in [6.45, 7) is 1.86. The van der Waals surface area contributed by atoms with Crippen LogP contribution in [0, 0.1) is 6.92 Å². The van der Waals surface area contributed by atoms with Gasteiger partial charge < -0.3 is 10.4 Å². The van der Waals surface area contributed by atoms with E-state index in [1.807, 2.05) is 6.92 Å². The summed E-state index contributed by atoms with van der Waals surface area (Å²) in [5.41, 5.74) is -0.845. The molecule has 5 nitrogen and oxygen atoms in total. The molecule has 1 aliphatic carbocycles. The molecule has 1 aliphatic rings. The first-order chi connectivity index (χ1) is 8.12. The molecule has 94 valence electrons. The van der Waals surface area contributed by atoms with Crippen LogP contribution in [0.15, 0.2) is 0 Å². The van der Waals surface area contributed by atoms with E-state index in [0.29, 0.717) is 18.0 Å². The van der Waals surface area contributed by atoms with Crippen LogP contribution in [0.25, 0.3) is 0 Å². The lowest BCUT2D eigenvalue weighted by molar-refractivity contribution is -0.142. The monoisotopic (exact) mass is 255 g/mol. The van der Waals surface area contributed by atoms with Gasteiger partial charge in [-0.3, -0.25) is 0 Å². The maximum atomic E-state index is 11.5. The molecule has 0 atom stereocenters. The molecule has 2 rings (SSSR count). The molecule has 1 heterocycles. The second kappa shape index (κ2) is 5.00. The third-order valence-electron chi connectivity index (χ3n) is 3.24. The molecule has 0 bridgehead atoms. The lowest BCUT2D eigenvalue weighted by Gasteiger charge is -2.28. The van der Waals surface area contributed by atoms with E-state index in [4.69, 9.17) is 0 Å². The predicted molar refractivity (Wildman–Crippen MR) is 66.3 cm³/mol. The van der Waals surface area contributed by atoms with E-state index < -0.39 is 11.5 Å². The smallest absolute Gasteiger partial charge is 0.329 e. The maximum Gasteiger partial charge on any atom is 0.329 e. The average Bonchev–Trinajstić information content (AvgIpc) is 2.54. The molecule has 0 aliphatic heterocycles. The van der Waals surface area contributed by atoms with Crippen LogP contribution in [0.1, 0.15) is 43.5 Å². The average molecular weight is 255 g/mol. The van der Waals surface area contributed by atoms with E-state index in [-0.39, 0.29) is 0 Å². The van der Waals surface area contributed by atoms with Gasteiger partial charge >= 0.3 is 5.97 Å². The third-order valence-corrected chi connectivity index (χ3v) is 3.99. The second-order valence-electron chi connectivity index (χ2n) is 4.55. The molecule has 1 fully saturated rings. The van der Waals surface area contributed by atoms with Crippen LogP contribution in [-0.4, -0.2) is 26.8 Å². The van der Waals surface area contributed by atoms with E-state index in [1.165, 1.54) is 11.3 Å². The highest BCUT2D eigenvalue weighted by Gasteiger charge is 2.39. The fraction of sp³-hybridized carbons (Fsp3) is 0.727. The quantitative estimate of drug-likeness (QED) is 0.811. The van der Waals surface area contributed by atoms with Gasteiger partial charge in [0.1, 0.15) is 10.5 Å². The summed E-state index contributed by atoms with van der Waals surface area (Å²) in [5, 5.41) is 21.9. The summed E-state index contributed by atoms with van der Waals surface area (Å²) >= 11 is 1.41. The molecule has 17 heavy (non-hydrogen) atoms. The molecule has 0 radical (unpaired) electrons. The SMILES string of the molecule is Cc1nnc(NC2(C(=O)O)CCCCCC2)s1. The second-order valence-corrected chi connectivity index (χ2v) is 5.73. The van der Waals surface area contributed by atoms with Gasteiger partial charge in [0.05, 0.1) is 0 Å². The van der Waals surface area contributed by atoms with Crippen LogP contribution >= 0.6 is 11.3 Å². The Morgan fingerprint density at radius 2 is 1.94 bits per heavy atom. The largest absolute Gasteiger partial charge is 0.480 e. The Bertz CT molecular complexity index is 397. The number of aliphatic carboxylic acids is 1. The number of hydrogen-bond acceptors (Lipinski definition) is 5. The van der Waals surface area contributed by atoms with Gasteiger partial charge in [0, 0.05) is 0 Å². The molecule has 0 saturated heterocycles. The standard InChI is InChI=1S/C11H17N3O2S/c1-8-13-14-10(17-8)12-11(9(15)16)6-4-2-3-5-7-11/h2-7H2,1H3,(H,12,14)(H,15,16). The van der Waals surface area contributed by atoms with E-state index in [1.54, 1.807) is 0 Å². The van der Waals surface area contributed by atoms with Crippen molar-refractivity contribution in [1.29, 1.82) is 0 Å². The minimum Gasteiger partial charge on any atom is -0.480 e. The van der Waals surface area contributed by atoms with Crippen molar-refractivity contribution in [3.63, 3.8) is 0 Å². The highest BCUT2D eigenvalue weighted by molar-refractivity contribution is 7.15. The Hall–Kier alpha value is -1.17. The van der Waals surface area contributed by atoms with Crippen molar-refractivity contribution in [3.8, 4) is 0 Å². The Morgan fingerprint density at radius 1 is 1.29 bits per heavy atom. The summed E-state index contributed by atoms with van der Waals surface area (Å²) in [6, 6.07) is 0. The van der Waals surface area contributed by atoms with Crippen LogP contribution in [0.3, 0.4) is 0 Å².